The van der Waals surface area contributed by atoms with E-state index in [2.05, 4.69) is 37.9 Å². The van der Waals surface area contributed by atoms with E-state index in [0.29, 0.717) is 40.8 Å². The molecule has 7 nitrogen and oxygen atoms in total. The number of piperidine rings is 1. The van der Waals surface area contributed by atoms with Crippen molar-refractivity contribution in [1.82, 2.24) is 24.9 Å². The Hall–Kier alpha value is -2.96. The lowest BCUT2D eigenvalue weighted by Gasteiger charge is -2.35. The van der Waals surface area contributed by atoms with Crippen molar-refractivity contribution in [3.63, 3.8) is 0 Å². The topological polar surface area (TPSA) is 77.1 Å². The van der Waals surface area contributed by atoms with Gasteiger partial charge in [0.25, 0.3) is 11.8 Å². The molecule has 3 aromatic rings. The molecule has 1 aliphatic heterocycles. The summed E-state index contributed by atoms with van der Waals surface area (Å²) in [5, 5.41) is 12.8. The molecule has 4 rings (SSSR count). The van der Waals surface area contributed by atoms with Gasteiger partial charge in [-0.15, -0.1) is 10.2 Å². The summed E-state index contributed by atoms with van der Waals surface area (Å²) < 4.78 is 7.51. The summed E-state index contributed by atoms with van der Waals surface area (Å²) >= 11 is 0. The molecule has 0 saturated carbocycles. The van der Waals surface area contributed by atoms with E-state index in [4.69, 9.17) is 9.52 Å². The fraction of sp³-hybridized carbons (Fsp3) is 0.520. The van der Waals surface area contributed by atoms with Gasteiger partial charge in [0.2, 0.25) is 5.89 Å². The van der Waals surface area contributed by atoms with Gasteiger partial charge in [-0.3, -0.25) is 4.79 Å². The summed E-state index contributed by atoms with van der Waals surface area (Å²) in [4.78, 5) is 15.3. The zero-order valence-electron chi connectivity index (χ0n) is 19.7. The second kappa shape index (κ2) is 9.27. The number of hydrogen-bond donors (Lipinski definition) is 0. The molecule has 0 spiro atoms. The molecule has 0 unspecified atom stereocenters. The van der Waals surface area contributed by atoms with Crippen LogP contribution in [-0.4, -0.2) is 43.9 Å². The molecular weight excluding hydrogens is 402 g/mol. The number of carbonyl (C=O) groups excluding carboxylic acids is 1. The van der Waals surface area contributed by atoms with Gasteiger partial charge >= 0.3 is 0 Å². The fourth-order valence-corrected chi connectivity index (χ4v) is 4.54. The summed E-state index contributed by atoms with van der Waals surface area (Å²) in [6, 6.07) is 9.78. The van der Waals surface area contributed by atoms with Crippen LogP contribution in [-0.2, 0) is 6.42 Å². The van der Waals surface area contributed by atoms with Crippen LogP contribution >= 0.6 is 0 Å². The number of hydrogen-bond acceptors (Lipinski definition) is 5. The van der Waals surface area contributed by atoms with Crippen molar-refractivity contribution in [1.29, 1.82) is 0 Å². The lowest BCUT2D eigenvalue weighted by Crippen LogP contribution is -2.42. The number of carbonyl (C=O) groups is 1. The maximum absolute atomic E-state index is 13.3. The average molecular weight is 436 g/mol. The van der Waals surface area contributed by atoms with Gasteiger partial charge in [0.1, 0.15) is 5.69 Å². The minimum atomic E-state index is 0.0916. The van der Waals surface area contributed by atoms with Crippen LogP contribution in [0.15, 0.2) is 34.7 Å². The van der Waals surface area contributed by atoms with E-state index in [9.17, 15) is 4.79 Å². The van der Waals surface area contributed by atoms with Gasteiger partial charge in [-0.1, -0.05) is 33.8 Å². The maximum Gasteiger partial charge on any atom is 0.268 e. The Morgan fingerprint density at radius 1 is 1.16 bits per heavy atom. The highest BCUT2D eigenvalue weighted by Crippen LogP contribution is 2.25. The number of nitrogens with zero attached hydrogens (tertiary/aromatic N) is 5. The highest BCUT2D eigenvalue weighted by molar-refractivity contribution is 5.94. The van der Waals surface area contributed by atoms with Gasteiger partial charge in [-0.2, -0.15) is 5.10 Å². The molecule has 3 heterocycles. The van der Waals surface area contributed by atoms with E-state index >= 15 is 0 Å². The third kappa shape index (κ3) is 4.92. The van der Waals surface area contributed by atoms with Gasteiger partial charge in [0.15, 0.2) is 0 Å². The molecule has 0 bridgehead atoms. The van der Waals surface area contributed by atoms with Crippen LogP contribution in [0.3, 0.4) is 0 Å². The Labute approximate surface area is 189 Å². The molecule has 2 atom stereocenters. The van der Waals surface area contributed by atoms with Crippen LogP contribution in [0.25, 0.3) is 17.3 Å². The molecule has 32 heavy (non-hydrogen) atoms. The second-order valence-corrected chi connectivity index (χ2v) is 9.70. The number of rotatable bonds is 6. The first-order chi connectivity index (χ1) is 15.3. The molecular formula is C25H33N5O2. The molecule has 0 aliphatic carbocycles. The number of aromatic nitrogens is 4. The van der Waals surface area contributed by atoms with Crippen molar-refractivity contribution < 1.29 is 9.21 Å². The molecule has 0 radical (unpaired) electrons. The van der Waals surface area contributed by atoms with Gasteiger partial charge in [0, 0.05) is 31.3 Å². The molecule has 7 heteroatoms. The van der Waals surface area contributed by atoms with Crippen LogP contribution in [0.4, 0.5) is 0 Å². The van der Waals surface area contributed by atoms with Gasteiger partial charge in [-0.05, 0) is 61.3 Å². The van der Waals surface area contributed by atoms with Gasteiger partial charge in [-0.25, -0.2) is 4.68 Å². The fourth-order valence-electron chi connectivity index (χ4n) is 4.54. The Morgan fingerprint density at radius 2 is 1.91 bits per heavy atom. The van der Waals surface area contributed by atoms with E-state index < -0.39 is 0 Å². The standard InChI is InChI=1S/C25H33N5O2/c1-16(2)9-10-22-13-23(24-27-26-19(5)32-24)28-30(22)21-8-6-7-20(12-21)25(31)29-14-17(3)11-18(4)15-29/h6-8,12-13,16-18H,9-11,14-15H2,1-5H3/t17-,18-/m1/s1. The minimum Gasteiger partial charge on any atom is -0.420 e. The lowest BCUT2D eigenvalue weighted by atomic mass is 9.91. The number of amides is 1. The largest absolute Gasteiger partial charge is 0.420 e. The number of benzene rings is 1. The predicted molar refractivity (Wildman–Crippen MR) is 124 cm³/mol. The van der Waals surface area contributed by atoms with E-state index in [-0.39, 0.29) is 5.91 Å². The summed E-state index contributed by atoms with van der Waals surface area (Å²) in [7, 11) is 0. The molecule has 1 aromatic carbocycles. The van der Waals surface area contributed by atoms with E-state index in [1.807, 2.05) is 39.9 Å². The summed E-state index contributed by atoms with van der Waals surface area (Å²) in [6.45, 7) is 12.3. The van der Waals surface area contributed by atoms with E-state index in [1.165, 1.54) is 6.42 Å². The third-order valence-corrected chi connectivity index (χ3v) is 6.00. The van der Waals surface area contributed by atoms with E-state index in [1.54, 1.807) is 6.92 Å². The molecule has 1 fully saturated rings. The normalized spacial score (nSPS) is 19.0. The predicted octanol–water partition coefficient (Wildman–Crippen LogP) is 4.94. The van der Waals surface area contributed by atoms with Crippen LogP contribution in [0.2, 0.25) is 0 Å². The van der Waals surface area contributed by atoms with E-state index in [0.717, 1.165) is 37.3 Å². The van der Waals surface area contributed by atoms with Crippen LogP contribution in [0.1, 0.15) is 62.5 Å². The Morgan fingerprint density at radius 3 is 2.56 bits per heavy atom. The lowest BCUT2D eigenvalue weighted by molar-refractivity contribution is 0.0623. The van der Waals surface area contributed by atoms with Crippen LogP contribution in [0, 0.1) is 24.7 Å². The first-order valence-corrected chi connectivity index (χ1v) is 11.6. The minimum absolute atomic E-state index is 0.0916. The monoisotopic (exact) mass is 435 g/mol. The zero-order chi connectivity index (χ0) is 22.8. The average Bonchev–Trinajstić information content (AvgIpc) is 3.37. The molecule has 1 amide bonds. The maximum atomic E-state index is 13.3. The molecule has 1 saturated heterocycles. The smallest absolute Gasteiger partial charge is 0.268 e. The van der Waals surface area contributed by atoms with Crippen LogP contribution < -0.4 is 0 Å². The van der Waals surface area contributed by atoms with Crippen molar-refractivity contribution in [2.45, 2.75) is 53.9 Å². The number of likely N-dealkylation sites (tertiary alicyclic amines) is 1. The van der Waals surface area contributed by atoms with Crippen molar-refractivity contribution in [3.05, 3.63) is 47.5 Å². The SMILES string of the molecule is Cc1nnc(-c2cc(CCC(C)C)n(-c3cccc(C(=O)N4C[C@H](C)C[C@@H](C)C4)c3)n2)o1. The quantitative estimate of drug-likeness (QED) is 0.548. The van der Waals surface area contributed by atoms with Crippen molar-refractivity contribution in [2.24, 2.45) is 17.8 Å². The van der Waals surface area contributed by atoms with Crippen molar-refractivity contribution in [2.75, 3.05) is 13.1 Å². The van der Waals surface area contributed by atoms with Crippen LogP contribution in [0.5, 0.6) is 0 Å². The first-order valence-electron chi connectivity index (χ1n) is 11.6. The van der Waals surface area contributed by atoms with Gasteiger partial charge < -0.3 is 9.32 Å². The van der Waals surface area contributed by atoms with Crippen molar-refractivity contribution in [3.8, 4) is 17.3 Å². The molecule has 170 valence electrons. The Kier molecular flexibility index (Phi) is 6.44. The van der Waals surface area contributed by atoms with Gasteiger partial charge in [0.05, 0.1) is 5.69 Å². The van der Waals surface area contributed by atoms with Crippen molar-refractivity contribution >= 4 is 5.91 Å². The molecule has 2 aromatic heterocycles. The Bertz CT molecular complexity index is 1070. The first kappa shape index (κ1) is 22.2. The number of aryl methyl sites for hydroxylation is 2. The third-order valence-electron chi connectivity index (χ3n) is 6.00. The Balaban J connectivity index is 1.66. The highest BCUT2D eigenvalue weighted by atomic mass is 16.4. The summed E-state index contributed by atoms with van der Waals surface area (Å²) in [5.74, 6) is 2.64. The highest BCUT2D eigenvalue weighted by Gasteiger charge is 2.26. The summed E-state index contributed by atoms with van der Waals surface area (Å²) in [6.07, 6.45) is 3.08. The second-order valence-electron chi connectivity index (χ2n) is 9.70. The zero-order valence-corrected chi connectivity index (χ0v) is 19.7. The molecule has 1 aliphatic rings. The molecule has 0 N–H and O–H groups in total. The summed E-state index contributed by atoms with van der Waals surface area (Å²) in [5.41, 5.74) is 3.29.